The zero-order valence-corrected chi connectivity index (χ0v) is 7.68. The van der Waals surface area contributed by atoms with E-state index in [0.717, 1.165) is 17.7 Å². The van der Waals surface area contributed by atoms with Crippen molar-refractivity contribution in [3.05, 3.63) is 29.8 Å². The van der Waals surface area contributed by atoms with E-state index in [9.17, 15) is 0 Å². The van der Waals surface area contributed by atoms with Crippen LogP contribution in [-0.2, 0) is 0 Å². The van der Waals surface area contributed by atoms with Crippen LogP contribution in [0.2, 0.25) is 0 Å². The average molecular weight is 192 g/mol. The highest BCUT2D eigenvalue weighted by Crippen LogP contribution is 2.33. The van der Waals surface area contributed by atoms with Gasteiger partial charge in [-0.3, -0.25) is 0 Å². The van der Waals surface area contributed by atoms with Gasteiger partial charge in [0, 0.05) is 5.56 Å². The lowest BCUT2D eigenvalue weighted by Crippen LogP contribution is -2.27. The van der Waals surface area contributed by atoms with E-state index in [1.54, 1.807) is 0 Å². The third kappa shape index (κ3) is 1.39. The smallest absolute Gasteiger partial charge is 0.146 e. The number of rotatable bonds is 1. The highest BCUT2D eigenvalue weighted by Gasteiger charge is 2.24. The molecule has 0 radical (unpaired) electrons. The van der Waals surface area contributed by atoms with Crippen LogP contribution in [0.15, 0.2) is 29.4 Å². The number of amidine groups is 1. The van der Waals surface area contributed by atoms with Crippen molar-refractivity contribution in [3.63, 3.8) is 0 Å². The largest absolute Gasteiger partial charge is 0.493 e. The summed E-state index contributed by atoms with van der Waals surface area (Å²) in [6.45, 7) is 0.609. The Morgan fingerprint density at radius 3 is 3.07 bits per heavy atom. The normalized spacial score (nSPS) is 21.1. The summed E-state index contributed by atoms with van der Waals surface area (Å²) in [6.07, 6.45) is 0.757. The fraction of sp³-hybridized carbons (Fsp3) is 0.300. The Balaban J connectivity index is 2.40. The van der Waals surface area contributed by atoms with E-state index in [1.165, 1.54) is 0 Å². The van der Waals surface area contributed by atoms with Crippen molar-refractivity contribution in [2.24, 2.45) is 10.9 Å². The maximum atomic E-state index is 8.63. The predicted molar refractivity (Wildman–Crippen MR) is 52.7 cm³/mol. The predicted octanol–water partition coefficient (Wildman–Crippen LogP) is 1.30. The zero-order chi connectivity index (χ0) is 9.97. The number of ether oxygens (including phenoxy) is 1. The lowest BCUT2D eigenvalue weighted by atomic mass is 9.92. The lowest BCUT2D eigenvalue weighted by molar-refractivity contribution is 0.276. The van der Waals surface area contributed by atoms with Gasteiger partial charge in [-0.05, 0) is 12.5 Å². The van der Waals surface area contributed by atoms with E-state index in [4.69, 9.17) is 15.7 Å². The Morgan fingerprint density at radius 1 is 1.50 bits per heavy atom. The molecule has 4 nitrogen and oxygen atoms in total. The van der Waals surface area contributed by atoms with Crippen molar-refractivity contribution < 1.29 is 9.94 Å². The molecular weight excluding hydrogens is 180 g/mol. The summed E-state index contributed by atoms with van der Waals surface area (Å²) in [5.74, 6) is 1.06. The van der Waals surface area contributed by atoms with E-state index in [2.05, 4.69) is 5.16 Å². The van der Waals surface area contributed by atoms with Crippen molar-refractivity contribution in [3.8, 4) is 5.75 Å². The fourth-order valence-corrected chi connectivity index (χ4v) is 1.72. The van der Waals surface area contributed by atoms with Gasteiger partial charge in [0.05, 0.1) is 12.5 Å². The second-order valence-electron chi connectivity index (χ2n) is 3.25. The van der Waals surface area contributed by atoms with Crippen molar-refractivity contribution in [2.45, 2.75) is 12.3 Å². The van der Waals surface area contributed by atoms with Gasteiger partial charge in [-0.1, -0.05) is 23.4 Å². The molecule has 3 N–H and O–H groups in total. The first kappa shape index (κ1) is 8.87. The van der Waals surface area contributed by atoms with Gasteiger partial charge in [0.25, 0.3) is 0 Å². The van der Waals surface area contributed by atoms with Gasteiger partial charge < -0.3 is 15.7 Å². The molecule has 0 aromatic heterocycles. The Morgan fingerprint density at radius 2 is 2.29 bits per heavy atom. The molecule has 0 spiro atoms. The Bertz CT molecular complexity index is 363. The van der Waals surface area contributed by atoms with Crippen LogP contribution in [0.25, 0.3) is 0 Å². The number of fused-ring (bicyclic) bond motifs is 1. The molecule has 0 aliphatic carbocycles. The van der Waals surface area contributed by atoms with Gasteiger partial charge in [-0.25, -0.2) is 0 Å². The summed E-state index contributed by atoms with van der Waals surface area (Å²) in [6, 6.07) is 7.67. The summed E-state index contributed by atoms with van der Waals surface area (Å²) < 4.78 is 5.46. The van der Waals surface area contributed by atoms with Crippen LogP contribution in [0.3, 0.4) is 0 Å². The second-order valence-corrected chi connectivity index (χ2v) is 3.25. The highest BCUT2D eigenvalue weighted by molar-refractivity contribution is 5.87. The van der Waals surface area contributed by atoms with Gasteiger partial charge in [-0.15, -0.1) is 0 Å². The van der Waals surface area contributed by atoms with Crippen LogP contribution in [0.1, 0.15) is 17.9 Å². The quantitative estimate of drug-likeness (QED) is 0.305. The number of nitrogens with zero attached hydrogens (tertiary/aromatic N) is 1. The second kappa shape index (κ2) is 3.57. The van der Waals surface area contributed by atoms with E-state index < -0.39 is 0 Å². The first-order valence-electron chi connectivity index (χ1n) is 4.52. The SMILES string of the molecule is NC(=NO)C1CCOc2ccccc21. The van der Waals surface area contributed by atoms with Crippen LogP contribution in [0.4, 0.5) is 0 Å². The molecule has 2 rings (SSSR count). The van der Waals surface area contributed by atoms with Crippen LogP contribution in [0.5, 0.6) is 5.75 Å². The van der Waals surface area contributed by atoms with E-state index >= 15 is 0 Å². The van der Waals surface area contributed by atoms with E-state index in [-0.39, 0.29) is 11.8 Å². The lowest BCUT2D eigenvalue weighted by Gasteiger charge is -2.24. The molecule has 1 unspecified atom stereocenters. The Labute approximate surface area is 82.0 Å². The molecule has 1 atom stereocenters. The summed E-state index contributed by atoms with van der Waals surface area (Å²) in [5.41, 5.74) is 6.60. The van der Waals surface area contributed by atoms with Crippen molar-refractivity contribution in [1.82, 2.24) is 0 Å². The topological polar surface area (TPSA) is 67.8 Å². The molecule has 0 fully saturated rings. The van der Waals surface area contributed by atoms with E-state index in [1.807, 2.05) is 24.3 Å². The maximum absolute atomic E-state index is 8.63. The number of nitrogens with two attached hydrogens (primary N) is 1. The minimum Gasteiger partial charge on any atom is -0.493 e. The van der Waals surface area contributed by atoms with Gasteiger partial charge in [0.15, 0.2) is 0 Å². The van der Waals surface area contributed by atoms with Gasteiger partial charge >= 0.3 is 0 Å². The molecule has 1 aliphatic rings. The minimum atomic E-state index is -0.0232. The van der Waals surface area contributed by atoms with Crippen molar-refractivity contribution in [1.29, 1.82) is 0 Å². The molecule has 0 bridgehead atoms. The zero-order valence-electron chi connectivity index (χ0n) is 7.68. The first-order chi connectivity index (χ1) is 6.83. The highest BCUT2D eigenvalue weighted by atomic mass is 16.5. The number of hydrogen-bond acceptors (Lipinski definition) is 3. The molecule has 1 aliphatic heterocycles. The first-order valence-corrected chi connectivity index (χ1v) is 4.52. The Kier molecular flexibility index (Phi) is 2.26. The van der Waals surface area contributed by atoms with Gasteiger partial charge in [0.1, 0.15) is 11.6 Å². The molecule has 0 saturated carbocycles. The van der Waals surface area contributed by atoms with E-state index in [0.29, 0.717) is 6.61 Å². The van der Waals surface area contributed by atoms with Crippen molar-refractivity contribution >= 4 is 5.84 Å². The number of hydrogen-bond donors (Lipinski definition) is 2. The monoisotopic (exact) mass is 192 g/mol. The molecule has 1 aromatic rings. The van der Waals surface area contributed by atoms with Crippen LogP contribution in [-0.4, -0.2) is 17.6 Å². The molecule has 14 heavy (non-hydrogen) atoms. The maximum Gasteiger partial charge on any atom is 0.146 e. The molecule has 4 heteroatoms. The molecule has 1 heterocycles. The summed E-state index contributed by atoms with van der Waals surface area (Å²) >= 11 is 0. The number of benzene rings is 1. The molecule has 0 saturated heterocycles. The third-order valence-electron chi connectivity index (χ3n) is 2.43. The molecule has 0 amide bonds. The molecule has 1 aromatic carbocycles. The molecular formula is C10H12N2O2. The third-order valence-corrected chi connectivity index (χ3v) is 2.43. The number of para-hydroxylation sites is 1. The van der Waals surface area contributed by atoms with Crippen molar-refractivity contribution in [2.75, 3.05) is 6.61 Å². The Hall–Kier alpha value is -1.71. The van der Waals surface area contributed by atoms with Crippen LogP contribution < -0.4 is 10.5 Å². The fourth-order valence-electron chi connectivity index (χ4n) is 1.72. The van der Waals surface area contributed by atoms with Gasteiger partial charge in [0.2, 0.25) is 0 Å². The minimum absolute atomic E-state index is 0.0232. The van der Waals surface area contributed by atoms with Crippen LogP contribution >= 0.6 is 0 Å². The summed E-state index contributed by atoms with van der Waals surface area (Å²) in [5, 5.41) is 11.7. The number of oxime groups is 1. The average Bonchev–Trinajstić information content (AvgIpc) is 2.27. The summed E-state index contributed by atoms with van der Waals surface area (Å²) in [4.78, 5) is 0. The van der Waals surface area contributed by atoms with Gasteiger partial charge in [-0.2, -0.15) is 0 Å². The summed E-state index contributed by atoms with van der Waals surface area (Å²) in [7, 11) is 0. The molecule has 74 valence electrons. The standard InChI is InChI=1S/C10H12N2O2/c11-10(12-13)8-5-6-14-9-4-2-1-3-7(8)9/h1-4,8,13H,5-6H2,(H2,11,12). The van der Waals surface area contributed by atoms with Crippen LogP contribution in [0, 0.1) is 0 Å².